The molecule has 1 aliphatic heterocycles. The molecule has 1 atom stereocenters. The molecule has 2 aliphatic rings. The molecule has 2 heterocycles. The van der Waals surface area contributed by atoms with E-state index in [2.05, 4.69) is 21.0 Å². The summed E-state index contributed by atoms with van der Waals surface area (Å²) in [6, 6.07) is 9.29. The predicted molar refractivity (Wildman–Crippen MR) is 182 cm³/mol. The summed E-state index contributed by atoms with van der Waals surface area (Å²) in [6.45, 7) is 4.11. The maximum atomic E-state index is 14.1. The monoisotopic (exact) mass is 674 g/mol. The summed E-state index contributed by atoms with van der Waals surface area (Å²) < 4.78 is 19.0. The number of benzene rings is 2. The standard InChI is InChI=1S/C36H46N6O7/c1-22(2)32-35(45)38-20-25-27(47-4)13-10-14-28(25)49-30-19-23(15-16-29(30)48-5)34(44)37-17-8-9-18-42(21-31(43)39-32)36(46)33-24-11-6-7-12-26(24)40-41(33)3/h10,13-16,19,22,32H,6-9,11-12,17-18,20-21H2,1-5H3,(H,37,44)(H,38,45)(H,39,43)/t32-/m1/s1. The molecular weight excluding hydrogens is 628 g/mol. The van der Waals surface area contributed by atoms with E-state index in [0.29, 0.717) is 59.2 Å². The number of nitrogens with one attached hydrogen (secondary N) is 3. The second-order valence-electron chi connectivity index (χ2n) is 12.7. The molecule has 0 saturated carbocycles. The van der Waals surface area contributed by atoms with Gasteiger partial charge in [-0.2, -0.15) is 5.10 Å². The zero-order valence-corrected chi connectivity index (χ0v) is 28.9. The number of hydrogen-bond acceptors (Lipinski definition) is 8. The van der Waals surface area contributed by atoms with Gasteiger partial charge in [-0.1, -0.05) is 19.9 Å². The number of aromatic nitrogens is 2. The molecule has 2 aromatic carbocycles. The maximum Gasteiger partial charge on any atom is 0.272 e. The Kier molecular flexibility index (Phi) is 11.4. The van der Waals surface area contributed by atoms with Crippen molar-refractivity contribution < 1.29 is 33.4 Å². The van der Waals surface area contributed by atoms with E-state index in [1.54, 1.807) is 48.1 Å². The van der Waals surface area contributed by atoms with Gasteiger partial charge in [0.2, 0.25) is 11.8 Å². The van der Waals surface area contributed by atoms with Gasteiger partial charge in [-0.15, -0.1) is 0 Å². The first-order valence-electron chi connectivity index (χ1n) is 16.8. The van der Waals surface area contributed by atoms with Crippen molar-refractivity contribution in [1.82, 2.24) is 30.6 Å². The minimum Gasteiger partial charge on any atom is -0.496 e. The summed E-state index contributed by atoms with van der Waals surface area (Å²) in [5.74, 6) is -0.0850. The molecule has 262 valence electrons. The Morgan fingerprint density at radius 3 is 2.47 bits per heavy atom. The molecule has 5 rings (SSSR count). The predicted octanol–water partition coefficient (Wildman–Crippen LogP) is 3.53. The highest BCUT2D eigenvalue weighted by atomic mass is 16.5. The molecule has 3 aromatic rings. The number of ether oxygens (including phenoxy) is 3. The number of fused-ring (bicyclic) bond motifs is 4. The first-order valence-corrected chi connectivity index (χ1v) is 16.8. The van der Waals surface area contributed by atoms with Gasteiger partial charge in [0.25, 0.3) is 11.8 Å². The topological polar surface area (TPSA) is 153 Å². The van der Waals surface area contributed by atoms with E-state index in [1.165, 1.54) is 19.1 Å². The number of nitrogens with zero attached hydrogens (tertiary/aromatic N) is 3. The van der Waals surface area contributed by atoms with Crippen LogP contribution in [-0.4, -0.2) is 78.2 Å². The molecule has 0 fully saturated rings. The van der Waals surface area contributed by atoms with E-state index in [0.717, 1.165) is 36.9 Å². The highest BCUT2D eigenvalue weighted by Crippen LogP contribution is 2.37. The average molecular weight is 675 g/mol. The van der Waals surface area contributed by atoms with Crippen LogP contribution < -0.4 is 30.2 Å². The van der Waals surface area contributed by atoms with E-state index in [1.807, 2.05) is 13.8 Å². The average Bonchev–Trinajstić information content (AvgIpc) is 3.43. The molecular formula is C36H46N6O7. The van der Waals surface area contributed by atoms with E-state index in [4.69, 9.17) is 14.2 Å². The first kappa shape index (κ1) is 35.2. The molecule has 0 saturated heterocycles. The van der Waals surface area contributed by atoms with Crippen LogP contribution in [0.1, 0.15) is 77.2 Å². The summed E-state index contributed by atoms with van der Waals surface area (Å²) in [4.78, 5) is 55.9. The molecule has 1 aliphatic carbocycles. The van der Waals surface area contributed by atoms with Gasteiger partial charge in [0, 0.05) is 31.3 Å². The summed E-state index contributed by atoms with van der Waals surface area (Å²) >= 11 is 0. The number of carbonyl (C=O) groups is 4. The highest BCUT2D eigenvalue weighted by molar-refractivity contribution is 5.97. The number of aryl methyl sites for hydroxylation is 2. The Morgan fingerprint density at radius 2 is 1.71 bits per heavy atom. The Labute approximate surface area is 286 Å². The van der Waals surface area contributed by atoms with Gasteiger partial charge in [0.05, 0.1) is 38.6 Å². The third-order valence-electron chi connectivity index (χ3n) is 8.94. The fourth-order valence-electron chi connectivity index (χ4n) is 6.32. The van der Waals surface area contributed by atoms with Crippen LogP contribution in [0, 0.1) is 5.92 Å². The van der Waals surface area contributed by atoms with Gasteiger partial charge in [-0.25, -0.2) is 0 Å². The minimum atomic E-state index is -0.870. The molecule has 0 spiro atoms. The van der Waals surface area contributed by atoms with Crippen LogP contribution >= 0.6 is 0 Å². The lowest BCUT2D eigenvalue weighted by Crippen LogP contribution is -2.52. The SMILES string of the molecule is COc1ccc2cc1Oc1cccc(OC)c1CNC(=O)[C@@H](C(C)C)NC(=O)CN(C(=O)c1c3c(nn1C)CCCC3)CCCCNC2=O. The molecule has 2 bridgehead atoms. The first-order chi connectivity index (χ1) is 23.6. The molecule has 1 aromatic heterocycles. The second kappa shape index (κ2) is 15.9. The summed E-state index contributed by atoms with van der Waals surface area (Å²) in [7, 11) is 4.79. The largest absolute Gasteiger partial charge is 0.496 e. The molecule has 4 amide bonds. The molecule has 3 N–H and O–H groups in total. The third-order valence-corrected chi connectivity index (χ3v) is 8.94. The smallest absolute Gasteiger partial charge is 0.272 e. The van der Waals surface area contributed by atoms with Gasteiger partial charge < -0.3 is 35.1 Å². The second-order valence-corrected chi connectivity index (χ2v) is 12.7. The maximum absolute atomic E-state index is 14.1. The van der Waals surface area contributed by atoms with Crippen LogP contribution in [0.4, 0.5) is 0 Å². The summed E-state index contributed by atoms with van der Waals surface area (Å²) in [5.41, 5.74) is 3.29. The van der Waals surface area contributed by atoms with Crippen molar-refractivity contribution in [2.24, 2.45) is 13.0 Å². The van der Waals surface area contributed by atoms with Crippen molar-refractivity contribution in [3.63, 3.8) is 0 Å². The van der Waals surface area contributed by atoms with Gasteiger partial charge >= 0.3 is 0 Å². The molecule has 0 unspecified atom stereocenters. The normalized spacial score (nSPS) is 17.9. The Hall–Kier alpha value is -5.07. The van der Waals surface area contributed by atoms with Gasteiger partial charge in [0.1, 0.15) is 23.2 Å². The fraction of sp³-hybridized carbons (Fsp3) is 0.472. The van der Waals surface area contributed by atoms with Gasteiger partial charge in [0.15, 0.2) is 11.5 Å². The molecule has 13 nitrogen and oxygen atoms in total. The molecule has 0 radical (unpaired) electrons. The Bertz CT molecular complexity index is 1700. The van der Waals surface area contributed by atoms with Crippen LogP contribution in [0.3, 0.4) is 0 Å². The fourth-order valence-corrected chi connectivity index (χ4v) is 6.32. The number of carbonyl (C=O) groups excluding carboxylic acids is 4. The highest BCUT2D eigenvalue weighted by Gasteiger charge is 2.30. The lowest BCUT2D eigenvalue weighted by Gasteiger charge is -2.26. The van der Waals surface area contributed by atoms with E-state index < -0.39 is 17.9 Å². The zero-order chi connectivity index (χ0) is 35.1. The number of amides is 4. The Morgan fingerprint density at radius 1 is 0.939 bits per heavy atom. The van der Waals surface area contributed by atoms with Crippen molar-refractivity contribution in [1.29, 1.82) is 0 Å². The van der Waals surface area contributed by atoms with Crippen molar-refractivity contribution in [2.45, 2.75) is 65.0 Å². The van der Waals surface area contributed by atoms with Crippen molar-refractivity contribution in [3.05, 3.63) is 64.5 Å². The van der Waals surface area contributed by atoms with E-state index in [9.17, 15) is 19.2 Å². The van der Waals surface area contributed by atoms with Crippen molar-refractivity contribution in [3.8, 4) is 23.0 Å². The lowest BCUT2D eigenvalue weighted by atomic mass is 9.95. The van der Waals surface area contributed by atoms with Gasteiger partial charge in [-0.05, 0) is 74.8 Å². The number of rotatable bonds is 4. The summed E-state index contributed by atoms with van der Waals surface area (Å²) in [5, 5.41) is 13.3. The lowest BCUT2D eigenvalue weighted by molar-refractivity contribution is -0.130. The van der Waals surface area contributed by atoms with Crippen LogP contribution in [-0.2, 0) is 36.0 Å². The van der Waals surface area contributed by atoms with Crippen LogP contribution in [0.5, 0.6) is 23.0 Å². The van der Waals surface area contributed by atoms with Crippen LogP contribution in [0.15, 0.2) is 36.4 Å². The van der Waals surface area contributed by atoms with Crippen LogP contribution in [0.2, 0.25) is 0 Å². The number of methoxy groups -OCH3 is 2. The van der Waals surface area contributed by atoms with Crippen LogP contribution in [0.25, 0.3) is 0 Å². The van der Waals surface area contributed by atoms with Crippen molar-refractivity contribution >= 4 is 23.6 Å². The van der Waals surface area contributed by atoms with Crippen molar-refractivity contribution in [2.75, 3.05) is 33.9 Å². The van der Waals surface area contributed by atoms with E-state index >= 15 is 0 Å². The third kappa shape index (κ3) is 8.15. The quantitative estimate of drug-likeness (QED) is 0.380. The molecule has 49 heavy (non-hydrogen) atoms. The number of hydrogen-bond donors (Lipinski definition) is 3. The minimum absolute atomic E-state index is 0.0238. The Balaban J connectivity index is 1.46. The van der Waals surface area contributed by atoms with E-state index in [-0.39, 0.29) is 37.4 Å². The zero-order valence-electron chi connectivity index (χ0n) is 28.9. The van der Waals surface area contributed by atoms with Gasteiger partial charge in [-0.3, -0.25) is 23.9 Å². The molecule has 13 heteroatoms. The summed E-state index contributed by atoms with van der Waals surface area (Å²) in [6.07, 6.45) is 4.67.